The highest BCUT2D eigenvalue weighted by Crippen LogP contribution is 2.28. The third kappa shape index (κ3) is 3.67. The molecule has 3 heterocycles. The Morgan fingerprint density at radius 1 is 1.35 bits per heavy atom. The minimum absolute atomic E-state index is 0.0808. The van der Waals surface area contributed by atoms with E-state index in [1.165, 1.54) is 11.3 Å². The second-order valence-corrected chi connectivity index (χ2v) is 6.64. The van der Waals surface area contributed by atoms with Crippen LogP contribution in [-0.4, -0.2) is 32.3 Å². The number of halogens is 3. The molecule has 3 aromatic heterocycles. The third-order valence-corrected chi connectivity index (χ3v) is 4.70. The number of nitrogens with zero attached hydrogens (tertiary/aromatic N) is 4. The van der Waals surface area contributed by atoms with Crippen LogP contribution in [0.3, 0.4) is 0 Å². The predicted octanol–water partition coefficient (Wildman–Crippen LogP) is 2.17. The fraction of sp³-hybridized carbons (Fsp3) is 0.333. The van der Waals surface area contributed by atoms with Crippen LogP contribution in [0.5, 0.6) is 0 Å². The minimum Gasteiger partial charge on any atom is -0.355 e. The van der Waals surface area contributed by atoms with Crippen LogP contribution in [0.1, 0.15) is 15.7 Å². The Balaban J connectivity index is 1.57. The number of carbonyl (C=O) groups excluding carboxylic acids is 1. The molecule has 0 saturated heterocycles. The molecule has 0 saturated carbocycles. The van der Waals surface area contributed by atoms with Crippen molar-refractivity contribution in [1.29, 1.82) is 0 Å². The molecule has 0 spiro atoms. The first-order chi connectivity index (χ1) is 10.9. The van der Waals surface area contributed by atoms with Gasteiger partial charge in [-0.3, -0.25) is 4.79 Å². The van der Waals surface area contributed by atoms with E-state index in [-0.39, 0.29) is 10.9 Å². The predicted molar refractivity (Wildman–Crippen MR) is 78.4 cm³/mol. The number of carbonyl (C=O) groups is 1. The topological polar surface area (TPSA) is 72.2 Å². The molecule has 3 aromatic rings. The lowest BCUT2D eigenvalue weighted by Gasteiger charge is -2.02. The van der Waals surface area contributed by atoms with E-state index in [2.05, 4.69) is 20.6 Å². The van der Waals surface area contributed by atoms with Crippen LogP contribution < -0.4 is 5.32 Å². The van der Waals surface area contributed by atoms with Gasteiger partial charge in [0.2, 0.25) is 10.9 Å². The number of aromatic nitrogens is 4. The lowest BCUT2D eigenvalue weighted by atomic mass is 10.3. The zero-order valence-corrected chi connectivity index (χ0v) is 13.1. The lowest BCUT2D eigenvalue weighted by Crippen LogP contribution is -2.27. The van der Waals surface area contributed by atoms with Crippen molar-refractivity contribution in [2.24, 2.45) is 0 Å². The van der Waals surface area contributed by atoms with E-state index in [4.69, 9.17) is 0 Å². The van der Waals surface area contributed by atoms with Gasteiger partial charge in [-0.05, 0) is 11.4 Å². The molecule has 0 radical (unpaired) electrons. The number of hydrogen-bond acceptors (Lipinski definition) is 6. The molecule has 0 aliphatic rings. The van der Waals surface area contributed by atoms with Crippen molar-refractivity contribution >= 4 is 33.5 Å². The van der Waals surface area contributed by atoms with Crippen molar-refractivity contribution < 1.29 is 18.0 Å². The maximum absolute atomic E-state index is 12.7. The number of amides is 1. The summed E-state index contributed by atoms with van der Waals surface area (Å²) in [5.41, 5.74) is 0. The lowest BCUT2D eigenvalue weighted by molar-refractivity contribution is -0.146. The van der Waals surface area contributed by atoms with Crippen molar-refractivity contribution in [3.8, 4) is 0 Å². The van der Waals surface area contributed by atoms with Gasteiger partial charge < -0.3 is 5.32 Å². The first-order valence-electron chi connectivity index (χ1n) is 6.51. The molecule has 0 atom stereocenters. The summed E-state index contributed by atoms with van der Waals surface area (Å²) in [5, 5.41) is 15.5. The third-order valence-electron chi connectivity index (χ3n) is 2.86. The number of fused-ring (bicyclic) bond motifs is 1. The Bertz CT molecular complexity index is 808. The zero-order valence-electron chi connectivity index (χ0n) is 11.5. The summed E-state index contributed by atoms with van der Waals surface area (Å²) in [6.45, 7) is 0.301. The van der Waals surface area contributed by atoms with E-state index in [9.17, 15) is 18.0 Å². The van der Waals surface area contributed by atoms with Gasteiger partial charge in [0.1, 0.15) is 5.01 Å². The molecule has 3 rings (SSSR count). The summed E-state index contributed by atoms with van der Waals surface area (Å²) < 4.78 is 38.7. The molecule has 0 bridgehead atoms. The first kappa shape index (κ1) is 15.9. The van der Waals surface area contributed by atoms with Crippen LogP contribution in [0, 0.1) is 0 Å². The molecule has 23 heavy (non-hydrogen) atoms. The first-order valence-corrected chi connectivity index (χ1v) is 8.20. The summed E-state index contributed by atoms with van der Waals surface area (Å²) in [6, 6.07) is 3.73. The number of thiophene rings is 1. The maximum Gasteiger partial charge on any atom is 0.453 e. The SMILES string of the molecule is O=C(Cc1cccs1)NCCc1nn2c(C(F)(F)F)nnc2s1. The number of nitrogens with one attached hydrogen (secondary N) is 1. The van der Waals surface area contributed by atoms with Crippen molar-refractivity contribution in [3.05, 3.63) is 33.2 Å². The van der Waals surface area contributed by atoms with Crippen molar-refractivity contribution in [2.45, 2.75) is 19.0 Å². The molecule has 11 heteroatoms. The second-order valence-electron chi connectivity index (χ2n) is 4.57. The van der Waals surface area contributed by atoms with Gasteiger partial charge in [0.25, 0.3) is 5.82 Å². The van der Waals surface area contributed by atoms with Crippen molar-refractivity contribution in [2.75, 3.05) is 6.54 Å². The Morgan fingerprint density at radius 3 is 2.87 bits per heavy atom. The highest BCUT2D eigenvalue weighted by atomic mass is 32.1. The van der Waals surface area contributed by atoms with Gasteiger partial charge in [-0.2, -0.15) is 22.8 Å². The van der Waals surface area contributed by atoms with Gasteiger partial charge in [0.05, 0.1) is 6.42 Å². The van der Waals surface area contributed by atoms with Gasteiger partial charge in [0, 0.05) is 17.8 Å². The van der Waals surface area contributed by atoms with Crippen LogP contribution in [-0.2, 0) is 23.8 Å². The molecule has 0 fully saturated rings. The second kappa shape index (κ2) is 6.24. The van der Waals surface area contributed by atoms with Gasteiger partial charge in [-0.25, -0.2) is 0 Å². The van der Waals surface area contributed by atoms with E-state index in [0.29, 0.717) is 28.9 Å². The minimum atomic E-state index is -4.60. The normalized spacial score (nSPS) is 12.0. The highest BCUT2D eigenvalue weighted by molar-refractivity contribution is 7.16. The number of rotatable bonds is 5. The fourth-order valence-corrected chi connectivity index (χ4v) is 3.41. The van der Waals surface area contributed by atoms with E-state index in [1.807, 2.05) is 17.5 Å². The number of alkyl halides is 3. The molecule has 6 nitrogen and oxygen atoms in total. The van der Waals surface area contributed by atoms with E-state index in [0.717, 1.165) is 16.2 Å². The van der Waals surface area contributed by atoms with Gasteiger partial charge in [-0.15, -0.1) is 21.5 Å². The molecule has 1 amide bonds. The average Bonchev–Trinajstić information content (AvgIpc) is 3.13. The monoisotopic (exact) mass is 361 g/mol. The Hall–Kier alpha value is -2.01. The van der Waals surface area contributed by atoms with Gasteiger partial charge in [0.15, 0.2) is 0 Å². The number of hydrogen-bond donors (Lipinski definition) is 1. The molecule has 0 aromatic carbocycles. The summed E-state index contributed by atoms with van der Waals surface area (Å²) in [6.07, 6.45) is -3.97. The van der Waals surface area contributed by atoms with Crippen LogP contribution in [0.2, 0.25) is 0 Å². The van der Waals surface area contributed by atoms with Crippen LogP contribution in [0.4, 0.5) is 13.2 Å². The summed E-state index contributed by atoms with van der Waals surface area (Å²) in [5.74, 6) is -1.27. The highest BCUT2D eigenvalue weighted by Gasteiger charge is 2.38. The smallest absolute Gasteiger partial charge is 0.355 e. The van der Waals surface area contributed by atoms with Gasteiger partial charge in [-0.1, -0.05) is 17.4 Å². The summed E-state index contributed by atoms with van der Waals surface area (Å²) in [7, 11) is 0. The fourth-order valence-electron chi connectivity index (χ4n) is 1.88. The molecule has 0 unspecified atom stereocenters. The van der Waals surface area contributed by atoms with Crippen molar-refractivity contribution in [3.63, 3.8) is 0 Å². The Labute approximate surface area is 136 Å². The summed E-state index contributed by atoms with van der Waals surface area (Å²) in [4.78, 5) is 12.7. The molecular formula is C12H10F3N5OS2. The quantitative estimate of drug-likeness (QED) is 0.756. The molecular weight excluding hydrogens is 351 g/mol. The van der Waals surface area contributed by atoms with E-state index >= 15 is 0 Å². The van der Waals surface area contributed by atoms with Crippen molar-refractivity contribution in [1.82, 2.24) is 25.1 Å². The molecule has 122 valence electrons. The maximum atomic E-state index is 12.7. The molecule has 0 aliphatic heterocycles. The molecule has 1 N–H and O–H groups in total. The Kier molecular flexibility index (Phi) is 4.31. The largest absolute Gasteiger partial charge is 0.453 e. The van der Waals surface area contributed by atoms with Crippen LogP contribution >= 0.6 is 22.7 Å². The molecule has 0 aliphatic carbocycles. The average molecular weight is 361 g/mol. The van der Waals surface area contributed by atoms with Crippen LogP contribution in [0.15, 0.2) is 17.5 Å². The standard InChI is InChI=1S/C12H10F3N5OS2/c13-12(14,15)10-17-18-11-20(10)19-9(23-11)3-4-16-8(21)6-7-2-1-5-22-7/h1-2,5H,3-4,6H2,(H,16,21). The van der Waals surface area contributed by atoms with Crippen LogP contribution in [0.25, 0.3) is 4.96 Å². The van der Waals surface area contributed by atoms with E-state index in [1.54, 1.807) is 0 Å². The van der Waals surface area contributed by atoms with E-state index < -0.39 is 12.0 Å². The zero-order chi connectivity index (χ0) is 16.4. The summed E-state index contributed by atoms with van der Waals surface area (Å²) >= 11 is 2.51. The Morgan fingerprint density at radius 2 is 2.17 bits per heavy atom. The van der Waals surface area contributed by atoms with Gasteiger partial charge >= 0.3 is 6.18 Å².